The highest BCUT2D eigenvalue weighted by Gasteiger charge is 2.32. The SMILES string of the molecule is N#CCCN1CCN(C(=O)C(CC(=O)O)NC(=O)OCC2c3ccccc3-c3ccccc32)CC1. The first kappa shape index (κ1) is 24.2. The number of hydrogen-bond donors (Lipinski definition) is 2. The van der Waals surface area contributed by atoms with Crippen LogP contribution in [0.25, 0.3) is 11.1 Å². The van der Waals surface area contributed by atoms with Crippen molar-refractivity contribution in [3.8, 4) is 17.2 Å². The fourth-order valence-electron chi connectivity index (χ4n) is 4.78. The molecular weight excluding hydrogens is 448 g/mol. The Morgan fingerprint density at radius 2 is 1.63 bits per heavy atom. The topological polar surface area (TPSA) is 123 Å². The number of carbonyl (C=O) groups is 3. The molecule has 0 spiro atoms. The smallest absolute Gasteiger partial charge is 0.407 e. The molecule has 1 unspecified atom stereocenters. The van der Waals surface area contributed by atoms with E-state index >= 15 is 0 Å². The van der Waals surface area contributed by atoms with Crippen molar-refractivity contribution < 1.29 is 24.2 Å². The number of nitrogens with one attached hydrogen (secondary N) is 1. The highest BCUT2D eigenvalue weighted by Crippen LogP contribution is 2.44. The summed E-state index contributed by atoms with van der Waals surface area (Å²) in [6, 6.07) is 16.8. The number of aliphatic carboxylic acids is 1. The zero-order valence-corrected chi connectivity index (χ0v) is 19.4. The fraction of sp³-hybridized carbons (Fsp3) is 0.385. The van der Waals surface area contributed by atoms with E-state index in [-0.39, 0.29) is 12.5 Å². The second-order valence-corrected chi connectivity index (χ2v) is 8.70. The van der Waals surface area contributed by atoms with Crippen molar-refractivity contribution in [2.45, 2.75) is 24.8 Å². The van der Waals surface area contributed by atoms with Gasteiger partial charge in [0, 0.05) is 45.1 Å². The predicted octanol–water partition coefficient (Wildman–Crippen LogP) is 2.43. The monoisotopic (exact) mass is 476 g/mol. The van der Waals surface area contributed by atoms with Gasteiger partial charge >= 0.3 is 12.1 Å². The van der Waals surface area contributed by atoms with Gasteiger partial charge in [-0.25, -0.2) is 4.79 Å². The van der Waals surface area contributed by atoms with Gasteiger partial charge in [0.1, 0.15) is 12.6 Å². The van der Waals surface area contributed by atoms with Gasteiger partial charge in [0.05, 0.1) is 12.5 Å². The Morgan fingerprint density at radius 3 is 2.20 bits per heavy atom. The highest BCUT2D eigenvalue weighted by atomic mass is 16.5. The molecule has 1 heterocycles. The number of rotatable bonds is 8. The molecule has 1 saturated heterocycles. The molecule has 4 rings (SSSR count). The van der Waals surface area contributed by atoms with Crippen LogP contribution in [0.2, 0.25) is 0 Å². The number of carboxylic acid groups (broad SMARTS) is 1. The summed E-state index contributed by atoms with van der Waals surface area (Å²) in [6.07, 6.45) is -0.935. The zero-order chi connectivity index (χ0) is 24.8. The van der Waals surface area contributed by atoms with Gasteiger partial charge in [-0.15, -0.1) is 0 Å². The maximum absolute atomic E-state index is 13.0. The summed E-state index contributed by atoms with van der Waals surface area (Å²) in [7, 11) is 0. The first-order valence-corrected chi connectivity index (χ1v) is 11.7. The Bertz CT molecular complexity index is 1090. The molecule has 182 valence electrons. The largest absolute Gasteiger partial charge is 0.481 e. The molecule has 0 aromatic heterocycles. The number of amides is 2. The van der Waals surface area contributed by atoms with Crippen LogP contribution in [-0.2, 0) is 14.3 Å². The van der Waals surface area contributed by atoms with Crippen molar-refractivity contribution in [3.63, 3.8) is 0 Å². The summed E-state index contributed by atoms with van der Waals surface area (Å²) in [4.78, 5) is 40.7. The van der Waals surface area contributed by atoms with Crippen LogP contribution in [0.15, 0.2) is 48.5 Å². The molecule has 9 nitrogen and oxygen atoms in total. The van der Waals surface area contributed by atoms with E-state index in [0.717, 1.165) is 22.3 Å². The molecule has 35 heavy (non-hydrogen) atoms. The fourth-order valence-corrected chi connectivity index (χ4v) is 4.78. The summed E-state index contributed by atoms with van der Waals surface area (Å²) >= 11 is 0. The van der Waals surface area contributed by atoms with Crippen LogP contribution in [0.1, 0.15) is 29.9 Å². The summed E-state index contributed by atoms with van der Waals surface area (Å²) in [6.45, 7) is 2.72. The minimum absolute atomic E-state index is 0.0748. The number of alkyl carbamates (subject to hydrolysis) is 1. The molecule has 9 heteroatoms. The van der Waals surface area contributed by atoms with Crippen LogP contribution >= 0.6 is 0 Å². The number of ether oxygens (including phenoxy) is 1. The molecule has 2 aromatic carbocycles. The molecule has 2 aliphatic rings. The lowest BCUT2D eigenvalue weighted by molar-refractivity contribution is -0.143. The number of hydrogen-bond acceptors (Lipinski definition) is 6. The quantitative estimate of drug-likeness (QED) is 0.600. The van der Waals surface area contributed by atoms with Crippen LogP contribution in [0.3, 0.4) is 0 Å². The van der Waals surface area contributed by atoms with E-state index < -0.39 is 30.4 Å². The van der Waals surface area contributed by atoms with E-state index in [9.17, 15) is 19.5 Å². The Hall–Kier alpha value is -3.90. The normalized spacial score (nSPS) is 16.0. The average molecular weight is 477 g/mol. The predicted molar refractivity (Wildman–Crippen MR) is 127 cm³/mol. The van der Waals surface area contributed by atoms with Gasteiger partial charge < -0.3 is 20.1 Å². The van der Waals surface area contributed by atoms with E-state index in [1.165, 1.54) is 0 Å². The molecule has 2 aromatic rings. The van der Waals surface area contributed by atoms with E-state index in [0.29, 0.717) is 39.1 Å². The third-order valence-corrected chi connectivity index (χ3v) is 6.54. The van der Waals surface area contributed by atoms with Gasteiger partial charge in [-0.2, -0.15) is 5.26 Å². The number of carboxylic acids is 1. The van der Waals surface area contributed by atoms with Gasteiger partial charge in [0.2, 0.25) is 5.91 Å². The van der Waals surface area contributed by atoms with Gasteiger partial charge in [-0.3, -0.25) is 14.5 Å². The minimum atomic E-state index is -1.21. The van der Waals surface area contributed by atoms with Gasteiger partial charge in [-0.05, 0) is 22.3 Å². The summed E-state index contributed by atoms with van der Waals surface area (Å²) in [5.74, 6) is -1.76. The Balaban J connectivity index is 1.37. The first-order valence-electron chi connectivity index (χ1n) is 11.7. The van der Waals surface area contributed by atoms with E-state index in [2.05, 4.69) is 16.3 Å². The number of piperazine rings is 1. The lowest BCUT2D eigenvalue weighted by Gasteiger charge is -2.36. The van der Waals surface area contributed by atoms with Gasteiger partial charge in [0.15, 0.2) is 0 Å². The van der Waals surface area contributed by atoms with Gasteiger partial charge in [-0.1, -0.05) is 48.5 Å². The second-order valence-electron chi connectivity index (χ2n) is 8.70. The average Bonchev–Trinajstić information content (AvgIpc) is 3.19. The lowest BCUT2D eigenvalue weighted by Crippen LogP contribution is -2.55. The lowest BCUT2D eigenvalue weighted by atomic mass is 9.98. The van der Waals surface area contributed by atoms with Crippen LogP contribution in [0.5, 0.6) is 0 Å². The molecule has 1 fully saturated rings. The summed E-state index contributed by atoms with van der Waals surface area (Å²) in [5.41, 5.74) is 4.33. The molecular formula is C26H28N4O5. The van der Waals surface area contributed by atoms with Gasteiger partial charge in [0.25, 0.3) is 0 Å². The van der Waals surface area contributed by atoms with Crippen molar-refractivity contribution in [1.29, 1.82) is 5.26 Å². The molecule has 0 radical (unpaired) electrons. The van der Waals surface area contributed by atoms with E-state index in [4.69, 9.17) is 10.00 Å². The Morgan fingerprint density at radius 1 is 1.03 bits per heavy atom. The molecule has 1 aliphatic heterocycles. The minimum Gasteiger partial charge on any atom is -0.481 e. The van der Waals surface area contributed by atoms with Crippen molar-refractivity contribution in [2.75, 3.05) is 39.3 Å². The van der Waals surface area contributed by atoms with Crippen molar-refractivity contribution in [1.82, 2.24) is 15.1 Å². The number of nitrogens with zero attached hydrogens (tertiary/aromatic N) is 3. The maximum Gasteiger partial charge on any atom is 0.407 e. The number of nitriles is 1. The molecule has 0 saturated carbocycles. The van der Waals surface area contributed by atoms with E-state index in [1.54, 1.807) is 4.90 Å². The number of carbonyl (C=O) groups excluding carboxylic acids is 2. The maximum atomic E-state index is 13.0. The van der Waals surface area contributed by atoms with Crippen molar-refractivity contribution in [2.24, 2.45) is 0 Å². The summed E-state index contributed by atoms with van der Waals surface area (Å²) < 4.78 is 5.50. The molecule has 1 aliphatic carbocycles. The number of benzene rings is 2. The molecule has 0 bridgehead atoms. The van der Waals surface area contributed by atoms with E-state index in [1.807, 2.05) is 48.5 Å². The van der Waals surface area contributed by atoms with Crippen LogP contribution in [0, 0.1) is 11.3 Å². The van der Waals surface area contributed by atoms with Crippen molar-refractivity contribution >= 4 is 18.0 Å². The first-order chi connectivity index (χ1) is 17.0. The van der Waals surface area contributed by atoms with Crippen LogP contribution in [0.4, 0.5) is 4.79 Å². The van der Waals surface area contributed by atoms with Crippen LogP contribution in [-0.4, -0.2) is 78.2 Å². The standard InChI is InChI=1S/C26H28N4O5/c27-10-5-11-29-12-14-30(15-13-29)25(33)23(16-24(31)32)28-26(34)35-17-22-20-8-3-1-6-18(20)19-7-2-4-9-21(19)22/h1-4,6-9,22-23H,5,11-17H2,(H,28,34)(H,31,32). The van der Waals surface area contributed by atoms with Crippen molar-refractivity contribution in [3.05, 3.63) is 59.7 Å². The third-order valence-electron chi connectivity index (χ3n) is 6.54. The Labute approximate surface area is 203 Å². The summed E-state index contributed by atoms with van der Waals surface area (Å²) in [5, 5.41) is 20.5. The number of fused-ring (bicyclic) bond motifs is 3. The van der Waals surface area contributed by atoms with Crippen LogP contribution < -0.4 is 5.32 Å². The highest BCUT2D eigenvalue weighted by molar-refractivity contribution is 5.89. The molecule has 2 N–H and O–H groups in total. The Kier molecular flexibility index (Phi) is 7.63. The molecule has 2 amide bonds. The third kappa shape index (κ3) is 5.61. The second kappa shape index (κ2) is 11.0. The molecule has 1 atom stereocenters. The zero-order valence-electron chi connectivity index (χ0n) is 19.4.